The average molecular weight is 332 g/mol. The number of aliphatic hydroxyl groups excluding tert-OH is 1. The Morgan fingerprint density at radius 1 is 1.12 bits per heavy atom. The van der Waals surface area contributed by atoms with Crippen LogP contribution in [0.25, 0.3) is 0 Å². The number of halogens is 2. The second kappa shape index (κ2) is 6.97. The number of hydrogen-bond donors (Lipinski definition) is 3. The van der Waals surface area contributed by atoms with E-state index in [-0.39, 0.29) is 24.1 Å². The van der Waals surface area contributed by atoms with Gasteiger partial charge in [0, 0.05) is 17.5 Å². The monoisotopic (exact) mass is 332 g/mol. The summed E-state index contributed by atoms with van der Waals surface area (Å²) >= 11 is 0. The minimum Gasteiger partial charge on any atom is -0.394 e. The predicted molar refractivity (Wildman–Crippen MR) is 85.4 cm³/mol. The average Bonchev–Trinajstić information content (AvgIpc) is 3.31. The third kappa shape index (κ3) is 3.54. The van der Waals surface area contributed by atoms with Crippen molar-refractivity contribution < 1.29 is 18.7 Å². The molecule has 1 fully saturated rings. The van der Waals surface area contributed by atoms with E-state index in [0.29, 0.717) is 6.42 Å². The number of carbonyl (C=O) groups is 1. The summed E-state index contributed by atoms with van der Waals surface area (Å²) in [5.41, 5.74) is 0.798. The fourth-order valence-corrected chi connectivity index (χ4v) is 2.83. The molecule has 0 saturated heterocycles. The molecule has 0 unspecified atom stereocenters. The molecule has 126 valence electrons. The molecule has 1 aliphatic rings. The van der Waals surface area contributed by atoms with Crippen LogP contribution in [0.1, 0.15) is 29.5 Å². The molecule has 4 nitrogen and oxygen atoms in total. The normalized spacial score (nSPS) is 20.3. The highest BCUT2D eigenvalue weighted by Crippen LogP contribution is 2.43. The van der Waals surface area contributed by atoms with Crippen molar-refractivity contribution in [3.63, 3.8) is 0 Å². The van der Waals surface area contributed by atoms with Crippen LogP contribution in [0.2, 0.25) is 0 Å². The summed E-state index contributed by atoms with van der Waals surface area (Å²) < 4.78 is 27.5. The Labute approximate surface area is 138 Å². The number of urea groups is 1. The fourth-order valence-electron chi connectivity index (χ4n) is 2.83. The molecule has 6 heteroatoms. The van der Waals surface area contributed by atoms with E-state index in [1.807, 2.05) is 18.2 Å². The maximum absolute atomic E-state index is 13.7. The zero-order chi connectivity index (χ0) is 17.1. The van der Waals surface area contributed by atoms with Crippen LogP contribution in [-0.4, -0.2) is 23.8 Å². The highest BCUT2D eigenvalue weighted by Gasteiger charge is 2.42. The van der Waals surface area contributed by atoms with Gasteiger partial charge in [-0.15, -0.1) is 0 Å². The quantitative estimate of drug-likeness (QED) is 0.788. The molecule has 0 aromatic heterocycles. The van der Waals surface area contributed by atoms with E-state index in [1.54, 1.807) is 12.1 Å². The van der Waals surface area contributed by atoms with Crippen LogP contribution in [0.5, 0.6) is 0 Å². The van der Waals surface area contributed by atoms with Crippen molar-refractivity contribution in [2.75, 3.05) is 6.61 Å². The van der Waals surface area contributed by atoms with Crippen LogP contribution >= 0.6 is 0 Å². The molecule has 3 N–H and O–H groups in total. The van der Waals surface area contributed by atoms with Gasteiger partial charge in [0.25, 0.3) is 0 Å². The molecule has 3 atom stereocenters. The van der Waals surface area contributed by atoms with E-state index in [9.17, 15) is 18.7 Å². The van der Waals surface area contributed by atoms with E-state index < -0.39 is 23.7 Å². The second-order valence-electron chi connectivity index (χ2n) is 5.85. The summed E-state index contributed by atoms with van der Waals surface area (Å²) in [6, 6.07) is 11.5. The maximum Gasteiger partial charge on any atom is 0.315 e. The van der Waals surface area contributed by atoms with Crippen LogP contribution in [-0.2, 0) is 0 Å². The number of carbonyl (C=O) groups excluding carboxylic acids is 1. The molecule has 1 saturated carbocycles. The number of nitrogens with one attached hydrogen (secondary N) is 2. The summed E-state index contributed by atoms with van der Waals surface area (Å²) in [4.78, 5) is 12.1. The molecule has 3 rings (SSSR count). The minimum atomic E-state index is -0.595. The summed E-state index contributed by atoms with van der Waals surface area (Å²) in [6.07, 6.45) is 0.487. The highest BCUT2D eigenvalue weighted by atomic mass is 19.1. The molecule has 0 heterocycles. The smallest absolute Gasteiger partial charge is 0.315 e. The Bertz CT molecular complexity index is 704. The van der Waals surface area contributed by atoms with Gasteiger partial charge in [-0.1, -0.05) is 36.4 Å². The number of rotatable bonds is 5. The van der Waals surface area contributed by atoms with E-state index in [1.165, 1.54) is 18.2 Å². The highest BCUT2D eigenvalue weighted by molar-refractivity contribution is 5.75. The minimum absolute atomic E-state index is 0.0181. The van der Waals surface area contributed by atoms with Crippen LogP contribution in [0.3, 0.4) is 0 Å². The summed E-state index contributed by atoms with van der Waals surface area (Å²) in [5.74, 6) is -1.55. The Hall–Kier alpha value is -2.47. The predicted octanol–water partition coefficient (Wildman–Crippen LogP) is 2.85. The standard InChI is InChI=1S/C18H18F2N2O2/c19-13-7-4-8-14(20)17(13)12-9-15(12)21-18(24)22-16(10-23)11-5-2-1-3-6-11/h1-8,12,15-16,23H,9-10H2,(H2,21,22,24)/t12-,15+,16-/m1/s1. The number of amides is 2. The van der Waals surface area contributed by atoms with Gasteiger partial charge in [-0.05, 0) is 24.1 Å². The molecule has 1 aliphatic carbocycles. The Balaban J connectivity index is 1.59. The van der Waals surface area contributed by atoms with E-state index in [2.05, 4.69) is 10.6 Å². The molecule has 2 aromatic carbocycles. The van der Waals surface area contributed by atoms with Gasteiger partial charge in [0.2, 0.25) is 0 Å². The van der Waals surface area contributed by atoms with Gasteiger partial charge >= 0.3 is 6.03 Å². The van der Waals surface area contributed by atoms with Gasteiger partial charge < -0.3 is 15.7 Å². The van der Waals surface area contributed by atoms with Crippen molar-refractivity contribution in [2.24, 2.45) is 0 Å². The molecule has 24 heavy (non-hydrogen) atoms. The van der Waals surface area contributed by atoms with Gasteiger partial charge in [0.1, 0.15) is 11.6 Å². The largest absolute Gasteiger partial charge is 0.394 e. The lowest BCUT2D eigenvalue weighted by molar-refractivity contribution is 0.216. The van der Waals surface area contributed by atoms with Gasteiger partial charge in [-0.25, -0.2) is 13.6 Å². The van der Waals surface area contributed by atoms with Gasteiger partial charge in [-0.2, -0.15) is 0 Å². The van der Waals surface area contributed by atoms with E-state index >= 15 is 0 Å². The number of hydrogen-bond acceptors (Lipinski definition) is 2. The first-order valence-corrected chi connectivity index (χ1v) is 7.77. The van der Waals surface area contributed by atoms with Crippen molar-refractivity contribution in [1.82, 2.24) is 10.6 Å². The van der Waals surface area contributed by atoms with Crippen molar-refractivity contribution in [1.29, 1.82) is 0 Å². The molecule has 0 aliphatic heterocycles. The van der Waals surface area contributed by atoms with Crippen molar-refractivity contribution in [3.8, 4) is 0 Å². The summed E-state index contributed by atoms with van der Waals surface area (Å²) in [7, 11) is 0. The van der Waals surface area contributed by atoms with Crippen molar-refractivity contribution in [2.45, 2.75) is 24.4 Å². The van der Waals surface area contributed by atoms with E-state index in [0.717, 1.165) is 5.56 Å². The van der Waals surface area contributed by atoms with Crippen LogP contribution in [0.15, 0.2) is 48.5 Å². The fraction of sp³-hybridized carbons (Fsp3) is 0.278. The van der Waals surface area contributed by atoms with Crippen molar-refractivity contribution in [3.05, 3.63) is 71.3 Å². The van der Waals surface area contributed by atoms with Crippen molar-refractivity contribution >= 4 is 6.03 Å². The molecule has 0 radical (unpaired) electrons. The third-order valence-corrected chi connectivity index (χ3v) is 4.17. The van der Waals surface area contributed by atoms with Gasteiger partial charge in [-0.3, -0.25) is 0 Å². The van der Waals surface area contributed by atoms with Crippen LogP contribution in [0.4, 0.5) is 13.6 Å². The zero-order valence-electron chi connectivity index (χ0n) is 12.9. The maximum atomic E-state index is 13.7. The Morgan fingerprint density at radius 3 is 2.42 bits per heavy atom. The summed E-state index contributed by atoms with van der Waals surface area (Å²) in [6.45, 7) is -0.243. The molecule has 2 aromatic rings. The molecular weight excluding hydrogens is 314 g/mol. The Morgan fingerprint density at radius 2 is 1.79 bits per heavy atom. The Kier molecular flexibility index (Phi) is 4.76. The number of aliphatic hydroxyl groups is 1. The second-order valence-corrected chi connectivity index (χ2v) is 5.85. The lowest BCUT2D eigenvalue weighted by atomic mass is 10.1. The lowest BCUT2D eigenvalue weighted by Gasteiger charge is -2.17. The molecule has 0 bridgehead atoms. The van der Waals surface area contributed by atoms with E-state index in [4.69, 9.17) is 0 Å². The van der Waals surface area contributed by atoms with Gasteiger partial charge in [0.15, 0.2) is 0 Å². The SMILES string of the molecule is O=C(N[C@H]1C[C@H]1c1c(F)cccc1F)N[C@H](CO)c1ccccc1. The third-order valence-electron chi connectivity index (χ3n) is 4.17. The van der Waals surface area contributed by atoms with Crippen LogP contribution in [0, 0.1) is 11.6 Å². The summed E-state index contributed by atoms with van der Waals surface area (Å²) in [5, 5.41) is 14.8. The first-order valence-electron chi connectivity index (χ1n) is 7.77. The first kappa shape index (κ1) is 16.4. The molecular formula is C18H18F2N2O2. The lowest BCUT2D eigenvalue weighted by Crippen LogP contribution is -2.40. The number of benzene rings is 2. The van der Waals surface area contributed by atoms with Crippen LogP contribution < -0.4 is 10.6 Å². The van der Waals surface area contributed by atoms with Gasteiger partial charge in [0.05, 0.1) is 12.6 Å². The first-order chi connectivity index (χ1) is 11.6. The molecule has 2 amide bonds. The zero-order valence-corrected chi connectivity index (χ0v) is 12.9. The molecule has 0 spiro atoms. The topological polar surface area (TPSA) is 61.4 Å².